The molecule has 2 bridgehead atoms. The summed E-state index contributed by atoms with van der Waals surface area (Å²) in [6, 6.07) is 21.8. The van der Waals surface area contributed by atoms with E-state index in [1.165, 1.54) is 35.4 Å². The smallest absolute Gasteiger partial charge is 0.303 e. The zero-order valence-corrected chi connectivity index (χ0v) is 31.4. The third-order valence-corrected chi connectivity index (χ3v) is 16.2. The van der Waals surface area contributed by atoms with Gasteiger partial charge in [0.05, 0.1) is 6.10 Å². The molecule has 258 valence electrons. The molecule has 0 heterocycles. The first-order chi connectivity index (χ1) is 22.7. The number of rotatable bonds is 6. The van der Waals surface area contributed by atoms with Crippen molar-refractivity contribution in [2.24, 2.45) is 17.3 Å². The van der Waals surface area contributed by atoms with Gasteiger partial charge in [-0.25, -0.2) is 0 Å². The number of fused-ring (bicyclic) bond motifs is 3. The normalized spacial score (nSPS) is 28.1. The van der Waals surface area contributed by atoms with Crippen molar-refractivity contribution in [1.29, 1.82) is 0 Å². The fourth-order valence-electron chi connectivity index (χ4n) is 9.00. The number of esters is 2. The highest BCUT2D eigenvalue weighted by atomic mass is 28.4. The number of hydrogen-bond acceptors (Lipinski definition) is 5. The summed E-state index contributed by atoms with van der Waals surface area (Å²) in [5.74, 6) is -0.215. The first-order valence-corrected chi connectivity index (χ1v) is 19.9. The van der Waals surface area contributed by atoms with E-state index in [0.717, 1.165) is 44.1 Å². The van der Waals surface area contributed by atoms with Crippen molar-refractivity contribution in [3.8, 4) is 0 Å². The molecule has 1 unspecified atom stereocenters. The summed E-state index contributed by atoms with van der Waals surface area (Å²) >= 11 is 0. The Balaban J connectivity index is 1.77. The number of carbonyl (C=O) groups is 2. The average molecular weight is 669 g/mol. The van der Waals surface area contributed by atoms with E-state index in [2.05, 4.69) is 108 Å². The van der Waals surface area contributed by atoms with Crippen LogP contribution in [0.15, 0.2) is 95.6 Å². The van der Waals surface area contributed by atoms with E-state index >= 15 is 0 Å². The third kappa shape index (κ3) is 7.50. The fraction of sp³-hybridized carbons (Fsp3) is 0.524. The number of benzene rings is 2. The van der Waals surface area contributed by atoms with Crippen LogP contribution in [0.1, 0.15) is 100 Å². The second-order valence-corrected chi connectivity index (χ2v) is 20.0. The Bertz CT molecular complexity index is 1490. The molecule has 2 aromatic carbocycles. The summed E-state index contributed by atoms with van der Waals surface area (Å²) in [6.07, 6.45) is 12.3. The number of carbonyl (C=O) groups excluding carboxylic acids is 2. The number of ether oxygens (including phenoxy) is 2. The molecule has 5 nitrogen and oxygen atoms in total. The Labute approximate surface area is 290 Å². The van der Waals surface area contributed by atoms with Crippen LogP contribution in [0.3, 0.4) is 0 Å². The molecule has 0 N–H and O–H groups in total. The molecule has 0 spiro atoms. The van der Waals surface area contributed by atoms with Crippen molar-refractivity contribution in [2.75, 3.05) is 0 Å². The predicted octanol–water partition coefficient (Wildman–Crippen LogP) is 8.62. The van der Waals surface area contributed by atoms with E-state index in [0.29, 0.717) is 6.42 Å². The second-order valence-electron chi connectivity index (χ2n) is 15.8. The first-order valence-electron chi connectivity index (χ1n) is 18.0. The van der Waals surface area contributed by atoms with Crippen molar-refractivity contribution < 1.29 is 23.5 Å². The third-order valence-electron chi connectivity index (χ3n) is 11.1. The standard InChI is InChI=1S/C42H56O5Si/c1-29-23-25-37-39(47-48(41(4,5)6,35-19-11-9-12-20-35)36-21-13-10-14-22-36)28-33-18-16-15-17-32(33)27-34(45-30(2)43)24-26-38(46-31(3)44)40(29)42(37,7)8/h9-14,19-22,24,26,28,32,34,37-39H,15-18,23,25,27H2,1-8H3/b26-24-,33-28-/t32?,34-,37+,38+,39+/m1/s1. The van der Waals surface area contributed by atoms with E-state index in [1.54, 1.807) is 0 Å². The molecule has 0 saturated heterocycles. The van der Waals surface area contributed by atoms with Gasteiger partial charge in [0.25, 0.3) is 8.32 Å². The highest BCUT2D eigenvalue weighted by molar-refractivity contribution is 6.99. The zero-order valence-electron chi connectivity index (χ0n) is 30.4. The monoisotopic (exact) mass is 668 g/mol. The molecule has 3 aliphatic rings. The van der Waals surface area contributed by atoms with Crippen molar-refractivity contribution in [2.45, 2.75) is 124 Å². The van der Waals surface area contributed by atoms with Gasteiger partial charge in [-0.05, 0) is 95.8 Å². The van der Waals surface area contributed by atoms with Crippen LogP contribution < -0.4 is 10.4 Å². The minimum atomic E-state index is -2.93. The van der Waals surface area contributed by atoms with Crippen LogP contribution in [0, 0.1) is 17.3 Å². The highest BCUT2D eigenvalue weighted by Gasteiger charge is 2.54. The molecule has 3 aliphatic carbocycles. The van der Waals surface area contributed by atoms with Gasteiger partial charge in [0.15, 0.2) is 0 Å². The average Bonchev–Trinajstić information content (AvgIpc) is 3.01. The summed E-state index contributed by atoms with van der Waals surface area (Å²) in [4.78, 5) is 24.9. The summed E-state index contributed by atoms with van der Waals surface area (Å²) in [5.41, 5.74) is 3.44. The lowest BCUT2D eigenvalue weighted by Crippen LogP contribution is -2.68. The Hall–Kier alpha value is -3.22. The van der Waals surface area contributed by atoms with Crippen molar-refractivity contribution >= 4 is 30.6 Å². The Morgan fingerprint density at radius 2 is 1.42 bits per heavy atom. The van der Waals surface area contributed by atoms with Gasteiger partial charge in [-0.3, -0.25) is 9.59 Å². The van der Waals surface area contributed by atoms with E-state index in [4.69, 9.17) is 13.9 Å². The molecule has 0 amide bonds. The molecule has 2 aromatic rings. The van der Waals surface area contributed by atoms with Crippen molar-refractivity contribution in [1.82, 2.24) is 0 Å². The zero-order chi connectivity index (χ0) is 34.7. The van der Waals surface area contributed by atoms with Gasteiger partial charge in [-0.2, -0.15) is 0 Å². The van der Waals surface area contributed by atoms with Gasteiger partial charge in [-0.1, -0.05) is 119 Å². The fourth-order valence-corrected chi connectivity index (χ4v) is 13.7. The van der Waals surface area contributed by atoms with E-state index < -0.39 is 20.5 Å². The molecule has 0 radical (unpaired) electrons. The minimum absolute atomic E-state index is 0.142. The summed E-state index contributed by atoms with van der Waals surface area (Å²) in [6.45, 7) is 16.8. The van der Waals surface area contributed by atoms with Gasteiger partial charge in [-0.15, -0.1) is 0 Å². The summed E-state index contributed by atoms with van der Waals surface area (Å²) < 4.78 is 20.1. The highest BCUT2D eigenvalue weighted by Crippen LogP contribution is 2.51. The Morgan fingerprint density at radius 1 is 0.812 bits per heavy atom. The Kier molecular flexibility index (Phi) is 11.1. The lowest BCUT2D eigenvalue weighted by molar-refractivity contribution is -0.146. The molecular formula is C42H56O5Si. The molecule has 0 aromatic heterocycles. The van der Waals surface area contributed by atoms with Crippen molar-refractivity contribution in [3.63, 3.8) is 0 Å². The lowest BCUT2D eigenvalue weighted by atomic mass is 9.61. The van der Waals surface area contributed by atoms with Gasteiger partial charge in [0, 0.05) is 13.8 Å². The Morgan fingerprint density at radius 3 is 1.98 bits per heavy atom. The molecule has 6 heteroatoms. The van der Waals surface area contributed by atoms with Crippen LogP contribution in [0.4, 0.5) is 0 Å². The van der Waals surface area contributed by atoms with Crippen LogP contribution in [-0.2, 0) is 23.5 Å². The van der Waals surface area contributed by atoms with Gasteiger partial charge in [0.2, 0.25) is 0 Å². The summed E-state index contributed by atoms with van der Waals surface area (Å²) in [5, 5.41) is 2.36. The van der Waals surface area contributed by atoms with Crippen LogP contribution in [0.5, 0.6) is 0 Å². The van der Waals surface area contributed by atoms with Crippen molar-refractivity contribution in [3.05, 3.63) is 95.6 Å². The molecule has 5 atom stereocenters. The van der Waals surface area contributed by atoms with Crippen LogP contribution in [0.2, 0.25) is 5.04 Å². The van der Waals surface area contributed by atoms with E-state index in [9.17, 15) is 9.59 Å². The molecular weight excluding hydrogens is 613 g/mol. The summed E-state index contributed by atoms with van der Waals surface area (Å²) in [7, 11) is -2.93. The van der Waals surface area contributed by atoms with Gasteiger partial charge >= 0.3 is 11.9 Å². The molecule has 5 rings (SSSR count). The maximum atomic E-state index is 12.6. The molecule has 0 aliphatic heterocycles. The van der Waals surface area contributed by atoms with Gasteiger partial charge < -0.3 is 13.9 Å². The number of hydrogen-bond donors (Lipinski definition) is 0. The van der Waals surface area contributed by atoms with Crippen LogP contribution >= 0.6 is 0 Å². The minimum Gasteiger partial charge on any atom is -0.458 e. The van der Waals surface area contributed by atoms with Crippen LogP contribution in [-0.4, -0.2) is 38.6 Å². The first kappa shape index (κ1) is 36.1. The maximum absolute atomic E-state index is 12.6. The van der Waals surface area contributed by atoms with E-state index in [1.807, 2.05) is 12.2 Å². The maximum Gasteiger partial charge on any atom is 0.303 e. The van der Waals surface area contributed by atoms with E-state index in [-0.39, 0.29) is 40.3 Å². The van der Waals surface area contributed by atoms with Gasteiger partial charge in [0.1, 0.15) is 12.2 Å². The molecule has 1 saturated carbocycles. The lowest BCUT2D eigenvalue weighted by Gasteiger charge is -2.51. The SMILES string of the molecule is CC(=O)O[C@@H]1/C=C\[C@H](OC(C)=O)C2=C(C)CC[C@@H]([C@@H](O[Si](c3ccccc3)(c3ccccc3)C(C)(C)C)/C=C3/CCCCC3C1)C2(C)C. The topological polar surface area (TPSA) is 61.8 Å². The largest absolute Gasteiger partial charge is 0.458 e. The number of allylic oxidation sites excluding steroid dienone is 2. The van der Waals surface area contributed by atoms with Crippen LogP contribution in [0.25, 0.3) is 0 Å². The quantitative estimate of drug-likeness (QED) is 0.175. The molecule has 1 fully saturated rings. The second kappa shape index (κ2) is 14.7. The predicted molar refractivity (Wildman–Crippen MR) is 197 cm³/mol. The molecule has 48 heavy (non-hydrogen) atoms.